The van der Waals surface area contributed by atoms with Gasteiger partial charge in [-0.3, -0.25) is 4.90 Å². The van der Waals surface area contributed by atoms with Gasteiger partial charge in [0.1, 0.15) is 17.2 Å². The predicted octanol–water partition coefficient (Wildman–Crippen LogP) is 4.22. The highest BCUT2D eigenvalue weighted by Gasteiger charge is 2.35. The Balaban J connectivity index is 1.78. The molecule has 0 amide bonds. The first-order valence-electron chi connectivity index (χ1n) is 9.43. The highest BCUT2D eigenvalue weighted by atomic mass is 16.5. The quantitative estimate of drug-likeness (QED) is 0.825. The molecule has 0 bridgehead atoms. The lowest BCUT2D eigenvalue weighted by atomic mass is 9.90. The van der Waals surface area contributed by atoms with Crippen LogP contribution in [0.4, 0.5) is 0 Å². The van der Waals surface area contributed by atoms with E-state index in [1.165, 1.54) is 29.5 Å². The Morgan fingerprint density at radius 3 is 2.69 bits per heavy atom. The van der Waals surface area contributed by atoms with Crippen LogP contribution in [0.1, 0.15) is 35.6 Å². The summed E-state index contributed by atoms with van der Waals surface area (Å²) >= 11 is 0. The number of hydrogen-bond acceptors (Lipinski definition) is 4. The summed E-state index contributed by atoms with van der Waals surface area (Å²) in [4.78, 5) is 4.98. The molecule has 4 heteroatoms. The Kier molecular flexibility index (Phi) is 4.63. The lowest BCUT2D eigenvalue weighted by Crippen LogP contribution is -2.47. The molecule has 138 valence electrons. The molecule has 0 aromatic heterocycles. The summed E-state index contributed by atoms with van der Waals surface area (Å²) in [5.74, 6) is 2.72. The maximum absolute atomic E-state index is 6.25. The van der Waals surface area contributed by atoms with Gasteiger partial charge in [-0.15, -0.1) is 0 Å². The van der Waals surface area contributed by atoms with E-state index >= 15 is 0 Å². The topological polar surface area (TPSA) is 24.9 Å². The SMILES string of the molecule is COc1ccc2c(c1)Oc1ccc(C)cc1C2N1CCCC(N(C)C)C1. The van der Waals surface area contributed by atoms with E-state index in [1.807, 2.05) is 12.1 Å². The van der Waals surface area contributed by atoms with E-state index in [9.17, 15) is 0 Å². The van der Waals surface area contributed by atoms with Crippen molar-refractivity contribution in [3.8, 4) is 17.2 Å². The molecule has 2 aliphatic heterocycles. The number of ether oxygens (including phenoxy) is 2. The molecule has 2 aromatic rings. The summed E-state index contributed by atoms with van der Waals surface area (Å²) in [5.41, 5.74) is 3.79. The maximum atomic E-state index is 6.25. The first kappa shape index (κ1) is 17.4. The van der Waals surface area contributed by atoms with E-state index in [-0.39, 0.29) is 6.04 Å². The number of likely N-dealkylation sites (tertiary alicyclic amines) is 1. The van der Waals surface area contributed by atoms with Crippen molar-refractivity contribution >= 4 is 0 Å². The van der Waals surface area contributed by atoms with E-state index in [4.69, 9.17) is 9.47 Å². The zero-order chi connectivity index (χ0) is 18.3. The Bertz CT molecular complexity index is 803. The number of hydrogen-bond donors (Lipinski definition) is 0. The minimum atomic E-state index is 0.238. The van der Waals surface area contributed by atoms with Gasteiger partial charge in [-0.1, -0.05) is 17.7 Å². The fourth-order valence-electron chi connectivity index (χ4n) is 4.25. The molecule has 2 unspecified atom stereocenters. The number of benzene rings is 2. The molecule has 0 aliphatic carbocycles. The van der Waals surface area contributed by atoms with Crippen LogP contribution >= 0.6 is 0 Å². The summed E-state index contributed by atoms with van der Waals surface area (Å²) in [6.45, 7) is 4.35. The molecule has 0 spiro atoms. The van der Waals surface area contributed by atoms with Gasteiger partial charge in [-0.25, -0.2) is 0 Å². The molecule has 0 saturated carbocycles. The standard InChI is InChI=1S/C22H28N2O2/c1-15-7-10-20-19(12-15)22(24-11-5-6-16(14-24)23(2)3)18-9-8-17(25-4)13-21(18)26-20/h7-10,12-13,16,22H,5-6,11,14H2,1-4H3. The number of likely N-dealkylation sites (N-methyl/N-ethyl adjacent to an activating group) is 1. The summed E-state index contributed by atoms with van der Waals surface area (Å²) < 4.78 is 11.7. The summed E-state index contributed by atoms with van der Waals surface area (Å²) in [5, 5.41) is 0. The molecule has 2 aromatic carbocycles. The normalized spacial score (nSPS) is 22.5. The monoisotopic (exact) mass is 352 g/mol. The molecule has 0 radical (unpaired) electrons. The molecule has 2 heterocycles. The van der Waals surface area contributed by atoms with Crippen LogP contribution in [-0.2, 0) is 0 Å². The molecular weight excluding hydrogens is 324 g/mol. The largest absolute Gasteiger partial charge is 0.497 e. The van der Waals surface area contributed by atoms with Crippen LogP contribution in [0, 0.1) is 6.92 Å². The maximum Gasteiger partial charge on any atom is 0.136 e. The summed E-state index contributed by atoms with van der Waals surface area (Å²) in [7, 11) is 6.08. The summed E-state index contributed by atoms with van der Waals surface area (Å²) in [6.07, 6.45) is 2.50. The molecule has 1 fully saturated rings. The highest BCUT2D eigenvalue weighted by molar-refractivity contribution is 5.56. The van der Waals surface area contributed by atoms with Gasteiger partial charge in [0.25, 0.3) is 0 Å². The Hall–Kier alpha value is -2.04. The van der Waals surface area contributed by atoms with Gasteiger partial charge < -0.3 is 14.4 Å². The lowest BCUT2D eigenvalue weighted by molar-refractivity contribution is 0.106. The van der Waals surface area contributed by atoms with Crippen molar-refractivity contribution in [3.63, 3.8) is 0 Å². The molecule has 4 nitrogen and oxygen atoms in total. The van der Waals surface area contributed by atoms with Crippen molar-refractivity contribution in [1.82, 2.24) is 9.80 Å². The van der Waals surface area contributed by atoms with Gasteiger partial charge >= 0.3 is 0 Å². The van der Waals surface area contributed by atoms with Crippen LogP contribution < -0.4 is 9.47 Å². The lowest BCUT2D eigenvalue weighted by Gasteiger charge is -2.43. The third kappa shape index (κ3) is 3.08. The molecule has 2 aliphatic rings. The smallest absolute Gasteiger partial charge is 0.136 e. The molecule has 26 heavy (non-hydrogen) atoms. The van der Waals surface area contributed by atoms with Gasteiger partial charge in [0, 0.05) is 29.8 Å². The highest BCUT2D eigenvalue weighted by Crippen LogP contribution is 2.47. The Morgan fingerprint density at radius 2 is 1.92 bits per heavy atom. The third-order valence-corrected chi connectivity index (χ3v) is 5.72. The van der Waals surface area contributed by atoms with Gasteiger partial charge in [0.05, 0.1) is 13.2 Å². The van der Waals surface area contributed by atoms with Crippen LogP contribution in [0.15, 0.2) is 36.4 Å². The first-order chi connectivity index (χ1) is 12.6. The molecule has 4 rings (SSSR count). The van der Waals surface area contributed by atoms with E-state index in [0.29, 0.717) is 6.04 Å². The number of rotatable bonds is 3. The van der Waals surface area contributed by atoms with Gasteiger partial charge in [0.15, 0.2) is 0 Å². The molecular formula is C22H28N2O2. The van der Waals surface area contributed by atoms with Crippen LogP contribution in [-0.4, -0.2) is 50.1 Å². The van der Waals surface area contributed by atoms with E-state index in [1.54, 1.807) is 7.11 Å². The fraction of sp³-hybridized carbons (Fsp3) is 0.455. The second kappa shape index (κ2) is 6.93. The number of aryl methyl sites for hydroxylation is 1. The average Bonchev–Trinajstić information content (AvgIpc) is 2.65. The van der Waals surface area contributed by atoms with Crippen LogP contribution in [0.25, 0.3) is 0 Å². The Morgan fingerprint density at radius 1 is 1.08 bits per heavy atom. The summed E-state index contributed by atoms with van der Waals surface area (Å²) in [6, 6.07) is 13.6. The number of piperidine rings is 1. The minimum absolute atomic E-state index is 0.238. The first-order valence-corrected chi connectivity index (χ1v) is 9.43. The van der Waals surface area contributed by atoms with E-state index < -0.39 is 0 Å². The number of methoxy groups -OCH3 is 1. The second-order valence-corrected chi connectivity index (χ2v) is 7.70. The second-order valence-electron chi connectivity index (χ2n) is 7.70. The third-order valence-electron chi connectivity index (χ3n) is 5.72. The zero-order valence-corrected chi connectivity index (χ0v) is 16.2. The number of nitrogens with zero attached hydrogens (tertiary/aromatic N) is 2. The van der Waals surface area contributed by atoms with Crippen LogP contribution in [0.2, 0.25) is 0 Å². The van der Waals surface area contributed by atoms with Crippen molar-refractivity contribution in [3.05, 3.63) is 53.1 Å². The van der Waals surface area contributed by atoms with E-state index in [0.717, 1.165) is 30.3 Å². The van der Waals surface area contributed by atoms with Gasteiger partial charge in [0.2, 0.25) is 0 Å². The predicted molar refractivity (Wildman–Crippen MR) is 104 cm³/mol. The van der Waals surface area contributed by atoms with Crippen molar-refractivity contribution in [2.45, 2.75) is 31.8 Å². The zero-order valence-electron chi connectivity index (χ0n) is 16.2. The van der Waals surface area contributed by atoms with Crippen molar-refractivity contribution in [2.75, 3.05) is 34.3 Å². The van der Waals surface area contributed by atoms with Crippen LogP contribution in [0.3, 0.4) is 0 Å². The molecule has 0 N–H and O–H groups in total. The fourth-order valence-corrected chi connectivity index (χ4v) is 4.25. The van der Waals surface area contributed by atoms with Crippen molar-refractivity contribution in [1.29, 1.82) is 0 Å². The van der Waals surface area contributed by atoms with E-state index in [2.05, 4.69) is 55.1 Å². The minimum Gasteiger partial charge on any atom is -0.497 e. The van der Waals surface area contributed by atoms with Crippen molar-refractivity contribution in [2.24, 2.45) is 0 Å². The van der Waals surface area contributed by atoms with Crippen molar-refractivity contribution < 1.29 is 9.47 Å². The van der Waals surface area contributed by atoms with Crippen LogP contribution in [0.5, 0.6) is 17.2 Å². The molecule has 2 atom stereocenters. The van der Waals surface area contributed by atoms with Gasteiger partial charge in [-0.2, -0.15) is 0 Å². The molecule has 1 saturated heterocycles. The van der Waals surface area contributed by atoms with Gasteiger partial charge in [-0.05, 0) is 58.6 Å². The number of fused-ring (bicyclic) bond motifs is 2. The average molecular weight is 352 g/mol. The Labute approximate surface area is 156 Å².